The fourth-order valence-corrected chi connectivity index (χ4v) is 1.93. The third-order valence-corrected chi connectivity index (χ3v) is 2.96. The average Bonchev–Trinajstić information content (AvgIpc) is 2.81. The van der Waals surface area contributed by atoms with Crippen molar-refractivity contribution in [1.82, 2.24) is 5.16 Å². The molecule has 20 heavy (non-hydrogen) atoms. The van der Waals surface area contributed by atoms with Crippen LogP contribution in [0.5, 0.6) is 0 Å². The van der Waals surface area contributed by atoms with Crippen LogP contribution in [0.3, 0.4) is 0 Å². The van der Waals surface area contributed by atoms with E-state index in [1.165, 1.54) is 0 Å². The zero-order valence-corrected chi connectivity index (χ0v) is 11.9. The summed E-state index contributed by atoms with van der Waals surface area (Å²) in [6.45, 7) is 5.76. The normalized spacial score (nSPS) is 11.9. The number of hydrogen-bond donors (Lipinski definition) is 2. The second-order valence-electron chi connectivity index (χ2n) is 4.79. The summed E-state index contributed by atoms with van der Waals surface area (Å²) < 4.78 is 4.93. The Hall–Kier alpha value is -2.30. The molecule has 2 N–H and O–H groups in total. The second kappa shape index (κ2) is 6.23. The standard InChI is InChI=1S/C15H19N3O2/c1-4-13(16-12-7-5-6-10(2)8-12)15(19)17-14-9-11(3)20-18-14/h5-9,13,16H,4H2,1-3H3,(H,17,18,19)/t13-/m0/s1. The molecule has 0 bridgehead atoms. The average molecular weight is 273 g/mol. The van der Waals surface area contributed by atoms with Crippen molar-refractivity contribution in [2.24, 2.45) is 0 Å². The molecule has 0 radical (unpaired) electrons. The number of carbonyl (C=O) groups excluding carboxylic acids is 1. The summed E-state index contributed by atoms with van der Waals surface area (Å²) in [5, 5.41) is 9.73. The molecule has 0 unspecified atom stereocenters. The maximum atomic E-state index is 12.2. The van der Waals surface area contributed by atoms with Crippen LogP contribution in [0.4, 0.5) is 11.5 Å². The Morgan fingerprint density at radius 1 is 1.35 bits per heavy atom. The van der Waals surface area contributed by atoms with Crippen molar-refractivity contribution in [3.05, 3.63) is 41.7 Å². The highest BCUT2D eigenvalue weighted by Gasteiger charge is 2.17. The van der Waals surface area contributed by atoms with E-state index in [1.807, 2.05) is 38.1 Å². The number of hydrogen-bond acceptors (Lipinski definition) is 4. The van der Waals surface area contributed by atoms with E-state index < -0.39 is 0 Å². The number of amides is 1. The van der Waals surface area contributed by atoms with Gasteiger partial charge in [-0.15, -0.1) is 0 Å². The number of aryl methyl sites for hydroxylation is 2. The van der Waals surface area contributed by atoms with E-state index in [0.717, 1.165) is 11.3 Å². The van der Waals surface area contributed by atoms with Crippen LogP contribution in [0.15, 0.2) is 34.9 Å². The minimum Gasteiger partial charge on any atom is -0.374 e. The summed E-state index contributed by atoms with van der Waals surface area (Å²) in [4.78, 5) is 12.2. The molecule has 1 aromatic heterocycles. The molecule has 5 nitrogen and oxygen atoms in total. The van der Waals surface area contributed by atoms with Crippen LogP contribution in [-0.4, -0.2) is 17.1 Å². The fourth-order valence-electron chi connectivity index (χ4n) is 1.93. The summed E-state index contributed by atoms with van der Waals surface area (Å²) in [5.74, 6) is 0.985. The molecule has 0 aliphatic rings. The molecule has 1 heterocycles. The third kappa shape index (κ3) is 3.60. The Morgan fingerprint density at radius 3 is 2.75 bits per heavy atom. The summed E-state index contributed by atoms with van der Waals surface area (Å²) in [5.41, 5.74) is 2.08. The van der Waals surface area contributed by atoms with Gasteiger partial charge in [-0.1, -0.05) is 24.2 Å². The van der Waals surface area contributed by atoms with Crippen LogP contribution in [0.25, 0.3) is 0 Å². The van der Waals surface area contributed by atoms with Gasteiger partial charge < -0.3 is 15.2 Å². The first-order chi connectivity index (χ1) is 9.58. The first kappa shape index (κ1) is 14.1. The van der Waals surface area contributed by atoms with Crippen molar-refractivity contribution in [1.29, 1.82) is 0 Å². The quantitative estimate of drug-likeness (QED) is 0.878. The molecule has 0 saturated heterocycles. The van der Waals surface area contributed by atoms with Crippen molar-refractivity contribution >= 4 is 17.4 Å². The van der Waals surface area contributed by atoms with E-state index in [-0.39, 0.29) is 11.9 Å². The number of carbonyl (C=O) groups is 1. The molecule has 0 aliphatic carbocycles. The van der Waals surface area contributed by atoms with Crippen LogP contribution in [0.2, 0.25) is 0 Å². The molecule has 1 amide bonds. The zero-order valence-electron chi connectivity index (χ0n) is 11.9. The Bertz CT molecular complexity index is 592. The number of benzene rings is 1. The maximum absolute atomic E-state index is 12.2. The number of anilines is 2. The summed E-state index contributed by atoms with van der Waals surface area (Å²) in [6, 6.07) is 9.32. The van der Waals surface area contributed by atoms with Gasteiger partial charge in [-0.25, -0.2) is 0 Å². The van der Waals surface area contributed by atoms with E-state index in [9.17, 15) is 4.79 Å². The van der Waals surface area contributed by atoms with Gasteiger partial charge in [-0.2, -0.15) is 0 Å². The largest absolute Gasteiger partial charge is 0.374 e. The van der Waals surface area contributed by atoms with Crippen LogP contribution >= 0.6 is 0 Å². The number of rotatable bonds is 5. The molecule has 2 aromatic rings. The van der Waals surface area contributed by atoms with E-state index in [2.05, 4.69) is 15.8 Å². The lowest BCUT2D eigenvalue weighted by Crippen LogP contribution is -2.34. The molecule has 5 heteroatoms. The van der Waals surface area contributed by atoms with Gasteiger partial charge in [0.2, 0.25) is 5.91 Å². The second-order valence-corrected chi connectivity index (χ2v) is 4.79. The van der Waals surface area contributed by atoms with Crippen molar-refractivity contribution in [3.8, 4) is 0 Å². The third-order valence-electron chi connectivity index (χ3n) is 2.96. The monoisotopic (exact) mass is 273 g/mol. The molecule has 106 valence electrons. The van der Waals surface area contributed by atoms with Crippen molar-refractivity contribution in [2.45, 2.75) is 33.2 Å². The Kier molecular flexibility index (Phi) is 4.40. The van der Waals surface area contributed by atoms with Gasteiger partial charge in [-0.3, -0.25) is 4.79 Å². The molecule has 1 aromatic carbocycles. The van der Waals surface area contributed by atoms with E-state index in [0.29, 0.717) is 18.0 Å². The summed E-state index contributed by atoms with van der Waals surface area (Å²) in [6.07, 6.45) is 0.677. The lowest BCUT2D eigenvalue weighted by molar-refractivity contribution is -0.117. The Balaban J connectivity index is 2.02. The Labute approximate surface area is 118 Å². The molecule has 1 atom stereocenters. The van der Waals surface area contributed by atoms with Gasteiger partial charge in [0.15, 0.2) is 5.82 Å². The molecular weight excluding hydrogens is 254 g/mol. The van der Waals surface area contributed by atoms with Crippen molar-refractivity contribution in [3.63, 3.8) is 0 Å². The van der Waals surface area contributed by atoms with Crippen molar-refractivity contribution < 1.29 is 9.32 Å². The minimum atomic E-state index is -0.311. The van der Waals surface area contributed by atoms with Gasteiger partial charge in [0.05, 0.1) is 0 Å². The zero-order chi connectivity index (χ0) is 14.5. The number of nitrogens with zero attached hydrogens (tertiary/aromatic N) is 1. The first-order valence-corrected chi connectivity index (χ1v) is 6.66. The van der Waals surface area contributed by atoms with Crippen LogP contribution in [-0.2, 0) is 4.79 Å². The highest BCUT2D eigenvalue weighted by Crippen LogP contribution is 2.14. The molecule has 2 rings (SSSR count). The molecule has 0 fully saturated rings. The topological polar surface area (TPSA) is 67.2 Å². The molecular formula is C15H19N3O2. The highest BCUT2D eigenvalue weighted by atomic mass is 16.5. The highest BCUT2D eigenvalue weighted by molar-refractivity contribution is 5.95. The van der Waals surface area contributed by atoms with Crippen LogP contribution in [0.1, 0.15) is 24.7 Å². The summed E-state index contributed by atoms with van der Waals surface area (Å²) in [7, 11) is 0. The fraction of sp³-hybridized carbons (Fsp3) is 0.333. The van der Waals surface area contributed by atoms with Gasteiger partial charge in [0, 0.05) is 11.8 Å². The van der Waals surface area contributed by atoms with E-state index in [1.54, 1.807) is 13.0 Å². The van der Waals surface area contributed by atoms with E-state index in [4.69, 9.17) is 4.52 Å². The van der Waals surface area contributed by atoms with Crippen molar-refractivity contribution in [2.75, 3.05) is 10.6 Å². The molecule has 0 spiro atoms. The predicted octanol–water partition coefficient (Wildman–Crippen LogP) is 3.12. The molecule has 0 saturated carbocycles. The van der Waals surface area contributed by atoms with Gasteiger partial charge >= 0.3 is 0 Å². The lowest BCUT2D eigenvalue weighted by atomic mass is 10.1. The molecule has 0 aliphatic heterocycles. The first-order valence-electron chi connectivity index (χ1n) is 6.66. The van der Waals surface area contributed by atoms with Crippen LogP contribution in [0, 0.1) is 13.8 Å². The van der Waals surface area contributed by atoms with Gasteiger partial charge in [0.1, 0.15) is 11.8 Å². The van der Waals surface area contributed by atoms with Gasteiger partial charge in [0.25, 0.3) is 0 Å². The van der Waals surface area contributed by atoms with E-state index >= 15 is 0 Å². The number of nitrogens with one attached hydrogen (secondary N) is 2. The lowest BCUT2D eigenvalue weighted by Gasteiger charge is -2.17. The smallest absolute Gasteiger partial charge is 0.248 e. The number of aromatic nitrogens is 1. The SMILES string of the molecule is CC[C@H](Nc1cccc(C)c1)C(=O)Nc1cc(C)on1. The minimum absolute atomic E-state index is 0.123. The maximum Gasteiger partial charge on any atom is 0.248 e. The Morgan fingerprint density at radius 2 is 2.15 bits per heavy atom. The predicted molar refractivity (Wildman–Crippen MR) is 78.8 cm³/mol. The summed E-state index contributed by atoms with van der Waals surface area (Å²) >= 11 is 0. The van der Waals surface area contributed by atoms with Gasteiger partial charge in [-0.05, 0) is 38.0 Å². The van der Waals surface area contributed by atoms with Crippen LogP contribution < -0.4 is 10.6 Å².